The second-order valence-electron chi connectivity index (χ2n) is 4.92. The predicted molar refractivity (Wildman–Crippen MR) is 73.4 cm³/mol. The fourth-order valence-electron chi connectivity index (χ4n) is 2.43. The minimum absolute atomic E-state index is 0.575. The summed E-state index contributed by atoms with van der Waals surface area (Å²) in [7, 11) is 1.62. The molecular weight excluding hydrogens is 254 g/mol. The van der Waals surface area contributed by atoms with E-state index in [2.05, 4.69) is 25.1 Å². The largest absolute Gasteiger partial charge is 0.480 e. The van der Waals surface area contributed by atoms with Crippen LogP contribution in [0.2, 0.25) is 0 Å². The van der Waals surface area contributed by atoms with Gasteiger partial charge >= 0.3 is 0 Å². The molecule has 0 unspecified atom stereocenters. The zero-order valence-corrected chi connectivity index (χ0v) is 11.0. The minimum Gasteiger partial charge on any atom is -0.480 e. The van der Waals surface area contributed by atoms with Crippen molar-refractivity contribution in [1.29, 1.82) is 0 Å². The van der Waals surface area contributed by atoms with Gasteiger partial charge in [0.15, 0.2) is 5.82 Å². The first kappa shape index (κ1) is 11.3. The monoisotopic (exact) mass is 267 g/mol. The SMILES string of the molecule is COc1nccc(C2CC2)c1-c1ncc2[nH]ncc2n1. The number of aromatic amines is 1. The van der Waals surface area contributed by atoms with E-state index < -0.39 is 0 Å². The molecule has 0 saturated heterocycles. The number of pyridine rings is 1. The predicted octanol–water partition coefficient (Wildman–Crippen LogP) is 2.30. The fourth-order valence-corrected chi connectivity index (χ4v) is 2.43. The van der Waals surface area contributed by atoms with Crippen molar-refractivity contribution in [2.45, 2.75) is 18.8 Å². The third-order valence-corrected chi connectivity index (χ3v) is 3.57. The third-order valence-electron chi connectivity index (χ3n) is 3.57. The van der Waals surface area contributed by atoms with Crippen LogP contribution in [0.1, 0.15) is 24.3 Å². The smallest absolute Gasteiger partial charge is 0.224 e. The summed E-state index contributed by atoms with van der Waals surface area (Å²) in [5.41, 5.74) is 3.74. The first-order valence-corrected chi connectivity index (χ1v) is 6.56. The number of ether oxygens (including phenoxy) is 1. The molecule has 1 aliphatic carbocycles. The minimum atomic E-state index is 0.575. The van der Waals surface area contributed by atoms with Gasteiger partial charge in [-0.05, 0) is 30.4 Å². The van der Waals surface area contributed by atoms with Crippen LogP contribution < -0.4 is 4.74 Å². The van der Waals surface area contributed by atoms with Gasteiger partial charge in [-0.15, -0.1) is 0 Å². The van der Waals surface area contributed by atoms with Crippen molar-refractivity contribution in [3.63, 3.8) is 0 Å². The Morgan fingerprint density at radius 3 is 2.95 bits per heavy atom. The summed E-state index contributed by atoms with van der Waals surface area (Å²) in [6.45, 7) is 0. The van der Waals surface area contributed by atoms with Crippen LogP contribution in [0.15, 0.2) is 24.7 Å². The molecule has 0 aliphatic heterocycles. The van der Waals surface area contributed by atoms with Gasteiger partial charge in [0, 0.05) is 6.20 Å². The van der Waals surface area contributed by atoms with Crippen LogP contribution in [0, 0.1) is 0 Å². The highest BCUT2D eigenvalue weighted by atomic mass is 16.5. The summed E-state index contributed by atoms with van der Waals surface area (Å²) in [4.78, 5) is 13.3. The van der Waals surface area contributed by atoms with E-state index in [0.717, 1.165) is 16.6 Å². The summed E-state index contributed by atoms with van der Waals surface area (Å²) in [5, 5.41) is 6.83. The maximum Gasteiger partial charge on any atom is 0.224 e. The molecule has 3 aromatic heterocycles. The molecule has 0 spiro atoms. The van der Waals surface area contributed by atoms with Gasteiger partial charge in [-0.1, -0.05) is 0 Å². The van der Waals surface area contributed by atoms with Gasteiger partial charge < -0.3 is 4.74 Å². The maximum absolute atomic E-state index is 5.40. The number of H-pyrrole nitrogens is 1. The lowest BCUT2D eigenvalue weighted by Crippen LogP contribution is -1.99. The van der Waals surface area contributed by atoms with Crippen LogP contribution >= 0.6 is 0 Å². The summed E-state index contributed by atoms with van der Waals surface area (Å²) in [6, 6.07) is 2.04. The quantitative estimate of drug-likeness (QED) is 0.788. The maximum atomic E-state index is 5.40. The number of aromatic nitrogens is 5. The second kappa shape index (κ2) is 4.26. The van der Waals surface area contributed by atoms with E-state index in [1.54, 1.807) is 25.7 Å². The van der Waals surface area contributed by atoms with E-state index in [9.17, 15) is 0 Å². The summed E-state index contributed by atoms with van der Waals surface area (Å²) in [6.07, 6.45) is 7.63. The van der Waals surface area contributed by atoms with Gasteiger partial charge in [-0.25, -0.2) is 15.0 Å². The topological polar surface area (TPSA) is 76.6 Å². The first-order chi connectivity index (χ1) is 9.86. The number of methoxy groups -OCH3 is 1. The third kappa shape index (κ3) is 1.72. The van der Waals surface area contributed by atoms with Crippen LogP contribution in [0.3, 0.4) is 0 Å². The van der Waals surface area contributed by atoms with Crippen molar-refractivity contribution in [1.82, 2.24) is 25.1 Å². The van der Waals surface area contributed by atoms with Gasteiger partial charge in [0.2, 0.25) is 5.88 Å². The molecule has 1 aliphatic rings. The van der Waals surface area contributed by atoms with Gasteiger partial charge in [-0.3, -0.25) is 5.10 Å². The Kier molecular flexibility index (Phi) is 2.42. The van der Waals surface area contributed by atoms with Crippen molar-refractivity contribution in [2.75, 3.05) is 7.11 Å². The molecule has 1 fully saturated rings. The lowest BCUT2D eigenvalue weighted by atomic mass is 10.0. The summed E-state index contributed by atoms with van der Waals surface area (Å²) < 4.78 is 5.40. The van der Waals surface area contributed by atoms with Gasteiger partial charge in [0.05, 0.1) is 25.1 Å². The molecule has 0 aromatic carbocycles. The fraction of sp³-hybridized carbons (Fsp3) is 0.286. The van der Waals surface area contributed by atoms with Crippen molar-refractivity contribution < 1.29 is 4.74 Å². The van der Waals surface area contributed by atoms with E-state index in [1.807, 2.05) is 6.07 Å². The van der Waals surface area contributed by atoms with Crippen molar-refractivity contribution in [3.8, 4) is 17.3 Å². The molecule has 4 rings (SSSR count). The lowest BCUT2D eigenvalue weighted by molar-refractivity contribution is 0.399. The molecule has 0 atom stereocenters. The number of fused-ring (bicyclic) bond motifs is 1. The molecule has 0 bridgehead atoms. The molecule has 3 aromatic rings. The highest BCUT2D eigenvalue weighted by molar-refractivity contribution is 5.77. The first-order valence-electron chi connectivity index (χ1n) is 6.56. The van der Waals surface area contributed by atoms with Gasteiger partial charge in [0.25, 0.3) is 0 Å². The average molecular weight is 267 g/mol. The summed E-state index contributed by atoms with van der Waals surface area (Å²) in [5.74, 6) is 1.80. The van der Waals surface area contributed by atoms with E-state index in [-0.39, 0.29) is 0 Å². The van der Waals surface area contributed by atoms with Crippen molar-refractivity contribution in [2.24, 2.45) is 0 Å². The van der Waals surface area contributed by atoms with Gasteiger partial charge in [0.1, 0.15) is 11.0 Å². The molecular formula is C14H13N5O. The standard InChI is InChI=1S/C14H13N5O/c1-20-14-12(9(4-5-15-14)8-2-3-8)13-16-6-11-10(18-13)7-17-19-11/h4-8H,2-3H2,1H3,(H,17,19). The molecule has 0 radical (unpaired) electrons. The van der Waals surface area contributed by atoms with Crippen LogP contribution in [0.25, 0.3) is 22.4 Å². The zero-order valence-electron chi connectivity index (χ0n) is 11.0. The number of hydrogen-bond acceptors (Lipinski definition) is 5. The normalized spacial score (nSPS) is 14.7. The van der Waals surface area contributed by atoms with Crippen LogP contribution in [-0.4, -0.2) is 32.3 Å². The van der Waals surface area contributed by atoms with Crippen LogP contribution in [0.4, 0.5) is 0 Å². The van der Waals surface area contributed by atoms with Crippen LogP contribution in [-0.2, 0) is 0 Å². The molecule has 0 amide bonds. The average Bonchev–Trinajstić information content (AvgIpc) is 3.23. The van der Waals surface area contributed by atoms with Crippen molar-refractivity contribution in [3.05, 3.63) is 30.2 Å². The van der Waals surface area contributed by atoms with E-state index in [0.29, 0.717) is 17.6 Å². The molecule has 1 saturated carbocycles. The van der Waals surface area contributed by atoms with Crippen LogP contribution in [0.5, 0.6) is 5.88 Å². The molecule has 100 valence electrons. The Bertz CT molecular complexity index is 778. The number of nitrogens with one attached hydrogen (secondary N) is 1. The number of hydrogen-bond donors (Lipinski definition) is 1. The zero-order chi connectivity index (χ0) is 13.5. The summed E-state index contributed by atoms with van der Waals surface area (Å²) >= 11 is 0. The van der Waals surface area contributed by atoms with Crippen molar-refractivity contribution >= 4 is 11.0 Å². The Morgan fingerprint density at radius 1 is 1.25 bits per heavy atom. The van der Waals surface area contributed by atoms with E-state index >= 15 is 0 Å². The molecule has 1 N–H and O–H groups in total. The molecule has 3 heterocycles. The Balaban J connectivity index is 1.95. The number of rotatable bonds is 3. The van der Waals surface area contributed by atoms with E-state index in [1.165, 1.54) is 18.4 Å². The lowest BCUT2D eigenvalue weighted by Gasteiger charge is -2.11. The Hall–Kier alpha value is -2.50. The van der Waals surface area contributed by atoms with Gasteiger partial charge in [-0.2, -0.15) is 5.10 Å². The highest BCUT2D eigenvalue weighted by Gasteiger charge is 2.29. The number of nitrogens with zero attached hydrogens (tertiary/aromatic N) is 4. The Labute approximate surface area is 115 Å². The highest BCUT2D eigenvalue weighted by Crippen LogP contribution is 2.45. The van der Waals surface area contributed by atoms with E-state index in [4.69, 9.17) is 4.74 Å². The Morgan fingerprint density at radius 2 is 2.15 bits per heavy atom. The second-order valence-corrected chi connectivity index (χ2v) is 4.92. The molecule has 20 heavy (non-hydrogen) atoms. The molecule has 6 heteroatoms. The molecule has 6 nitrogen and oxygen atoms in total.